The van der Waals surface area contributed by atoms with Gasteiger partial charge in [0.25, 0.3) is 0 Å². The van der Waals surface area contributed by atoms with Crippen molar-refractivity contribution in [1.82, 2.24) is 0 Å². The Labute approximate surface area is 186 Å². The number of aliphatic hydroxyl groups excluding tert-OH is 1. The fourth-order valence-corrected chi connectivity index (χ4v) is 9.08. The third-order valence-electron chi connectivity index (χ3n) is 11.0. The van der Waals surface area contributed by atoms with Gasteiger partial charge in [0.05, 0.1) is 6.10 Å². The summed E-state index contributed by atoms with van der Waals surface area (Å²) in [5, 5.41) is 10.2. The predicted molar refractivity (Wildman–Crippen MR) is 128 cm³/mol. The molecule has 4 aliphatic rings. The average Bonchev–Trinajstić information content (AvgIpc) is 3.06. The Kier molecular flexibility index (Phi) is 6.35. The highest BCUT2D eigenvalue weighted by atomic mass is 16.3. The van der Waals surface area contributed by atoms with E-state index in [-0.39, 0.29) is 6.10 Å². The lowest BCUT2D eigenvalue weighted by atomic mass is 9.47. The highest BCUT2D eigenvalue weighted by Gasteiger charge is 2.59. The molecule has 4 aliphatic carbocycles. The minimum absolute atomic E-state index is 0.0856. The van der Waals surface area contributed by atoms with E-state index >= 15 is 0 Å². The lowest BCUT2D eigenvalue weighted by Gasteiger charge is -2.58. The summed E-state index contributed by atoms with van der Waals surface area (Å²) in [6, 6.07) is 0. The smallest absolute Gasteiger partial charge is 0.0577 e. The second kappa shape index (κ2) is 8.42. The van der Waals surface area contributed by atoms with E-state index in [1.807, 2.05) is 0 Å². The third kappa shape index (κ3) is 3.66. The lowest BCUT2D eigenvalue weighted by molar-refractivity contribution is -0.0574. The lowest BCUT2D eigenvalue weighted by Crippen LogP contribution is -2.50. The minimum atomic E-state index is -0.0856. The van der Waals surface area contributed by atoms with E-state index in [4.69, 9.17) is 0 Å². The van der Waals surface area contributed by atoms with Gasteiger partial charge in [-0.2, -0.15) is 0 Å². The SMILES string of the molecule is C=C(C)[C@@H](CC)CCC(C)C1CCC2[C@@H]3CC=C4C[C@@H](O)CC[C@]4(C)C3CC[C@]12C. The predicted octanol–water partition coefficient (Wildman–Crippen LogP) is 7.94. The third-order valence-corrected chi connectivity index (χ3v) is 11.0. The van der Waals surface area contributed by atoms with Gasteiger partial charge in [-0.3, -0.25) is 0 Å². The van der Waals surface area contributed by atoms with Crippen LogP contribution in [0.25, 0.3) is 0 Å². The highest BCUT2D eigenvalue weighted by molar-refractivity contribution is 5.25. The number of rotatable bonds is 6. The van der Waals surface area contributed by atoms with Crippen molar-refractivity contribution in [3.05, 3.63) is 23.8 Å². The molecule has 4 unspecified atom stereocenters. The van der Waals surface area contributed by atoms with E-state index in [2.05, 4.69) is 47.3 Å². The van der Waals surface area contributed by atoms with Gasteiger partial charge in [0, 0.05) is 0 Å². The molecule has 0 bridgehead atoms. The van der Waals surface area contributed by atoms with Gasteiger partial charge in [0.1, 0.15) is 0 Å². The zero-order valence-electron chi connectivity index (χ0n) is 20.6. The number of fused-ring (bicyclic) bond motifs is 5. The van der Waals surface area contributed by atoms with Crippen LogP contribution in [0.3, 0.4) is 0 Å². The molecule has 1 nitrogen and oxygen atoms in total. The van der Waals surface area contributed by atoms with Crippen LogP contribution in [0.1, 0.15) is 105 Å². The first kappa shape index (κ1) is 22.6. The molecule has 0 aliphatic heterocycles. The van der Waals surface area contributed by atoms with Crippen LogP contribution in [0, 0.1) is 46.3 Å². The fraction of sp³-hybridized carbons (Fsp3) is 0.862. The maximum absolute atomic E-state index is 10.2. The number of hydrogen-bond acceptors (Lipinski definition) is 1. The topological polar surface area (TPSA) is 20.2 Å². The Bertz CT molecular complexity index is 676. The summed E-state index contributed by atoms with van der Waals surface area (Å²) in [4.78, 5) is 0. The number of allylic oxidation sites excluding steroid dienone is 2. The van der Waals surface area contributed by atoms with Crippen LogP contribution < -0.4 is 0 Å². The molecule has 3 saturated carbocycles. The molecule has 30 heavy (non-hydrogen) atoms. The molecule has 0 aromatic rings. The van der Waals surface area contributed by atoms with Crippen molar-refractivity contribution in [3.63, 3.8) is 0 Å². The number of hydrogen-bond donors (Lipinski definition) is 1. The van der Waals surface area contributed by atoms with Crippen molar-refractivity contribution in [2.75, 3.05) is 0 Å². The van der Waals surface area contributed by atoms with Crippen molar-refractivity contribution < 1.29 is 5.11 Å². The molecule has 0 heterocycles. The van der Waals surface area contributed by atoms with Gasteiger partial charge in [0.2, 0.25) is 0 Å². The van der Waals surface area contributed by atoms with Crippen molar-refractivity contribution in [3.8, 4) is 0 Å². The number of aliphatic hydroxyl groups is 1. The molecule has 0 spiro atoms. The molecule has 170 valence electrons. The molecule has 3 fully saturated rings. The van der Waals surface area contributed by atoms with Gasteiger partial charge in [-0.15, -0.1) is 0 Å². The summed E-state index contributed by atoms with van der Waals surface area (Å²) in [5.74, 6) is 5.16. The summed E-state index contributed by atoms with van der Waals surface area (Å²) in [5.41, 5.74) is 3.93. The van der Waals surface area contributed by atoms with Crippen LogP contribution in [0.2, 0.25) is 0 Å². The Balaban J connectivity index is 1.48. The van der Waals surface area contributed by atoms with Gasteiger partial charge in [0.15, 0.2) is 0 Å². The Morgan fingerprint density at radius 3 is 2.60 bits per heavy atom. The summed E-state index contributed by atoms with van der Waals surface area (Å²) in [6.07, 6.45) is 16.7. The first-order valence-corrected chi connectivity index (χ1v) is 13.2. The maximum Gasteiger partial charge on any atom is 0.0577 e. The van der Waals surface area contributed by atoms with Crippen LogP contribution in [-0.2, 0) is 0 Å². The van der Waals surface area contributed by atoms with Crippen LogP contribution in [0.5, 0.6) is 0 Å². The summed E-state index contributed by atoms with van der Waals surface area (Å²) in [6.45, 7) is 16.6. The fourth-order valence-electron chi connectivity index (χ4n) is 9.08. The zero-order chi connectivity index (χ0) is 21.7. The van der Waals surface area contributed by atoms with E-state index in [1.165, 1.54) is 63.4 Å². The van der Waals surface area contributed by atoms with Gasteiger partial charge >= 0.3 is 0 Å². The molecule has 1 heteroatoms. The van der Waals surface area contributed by atoms with Gasteiger partial charge < -0.3 is 5.11 Å². The van der Waals surface area contributed by atoms with E-state index in [9.17, 15) is 5.11 Å². The molecule has 0 aromatic heterocycles. The largest absolute Gasteiger partial charge is 0.393 e. The van der Waals surface area contributed by atoms with E-state index in [0.29, 0.717) is 10.8 Å². The monoisotopic (exact) mass is 412 g/mol. The molecule has 0 saturated heterocycles. The molecule has 1 N–H and O–H groups in total. The quantitative estimate of drug-likeness (QED) is 0.439. The van der Waals surface area contributed by atoms with Crippen molar-refractivity contribution in [1.29, 1.82) is 0 Å². The van der Waals surface area contributed by atoms with Gasteiger partial charge in [-0.05, 0) is 124 Å². The van der Waals surface area contributed by atoms with Crippen LogP contribution in [0.4, 0.5) is 0 Å². The van der Waals surface area contributed by atoms with Gasteiger partial charge in [-0.25, -0.2) is 0 Å². The Morgan fingerprint density at radius 2 is 1.90 bits per heavy atom. The normalized spacial score (nSPS) is 45.0. The Hall–Kier alpha value is -0.560. The van der Waals surface area contributed by atoms with Crippen LogP contribution in [-0.4, -0.2) is 11.2 Å². The summed E-state index contributed by atoms with van der Waals surface area (Å²) >= 11 is 0. The van der Waals surface area contributed by atoms with E-state index in [0.717, 1.165) is 48.3 Å². The first-order chi connectivity index (χ1) is 14.2. The van der Waals surface area contributed by atoms with Crippen LogP contribution >= 0.6 is 0 Å². The molecular formula is C29H48O. The molecule has 4 rings (SSSR count). The van der Waals surface area contributed by atoms with E-state index < -0.39 is 0 Å². The second-order valence-electron chi connectivity index (χ2n) is 12.4. The molecule has 9 atom stereocenters. The van der Waals surface area contributed by atoms with Crippen LogP contribution in [0.15, 0.2) is 23.8 Å². The second-order valence-corrected chi connectivity index (χ2v) is 12.4. The zero-order valence-corrected chi connectivity index (χ0v) is 20.6. The van der Waals surface area contributed by atoms with Crippen molar-refractivity contribution in [2.45, 2.75) is 111 Å². The molecule has 0 radical (unpaired) electrons. The first-order valence-electron chi connectivity index (χ1n) is 13.2. The molecule has 0 amide bonds. The summed E-state index contributed by atoms with van der Waals surface area (Å²) < 4.78 is 0. The van der Waals surface area contributed by atoms with Crippen molar-refractivity contribution >= 4 is 0 Å². The van der Waals surface area contributed by atoms with E-state index in [1.54, 1.807) is 5.57 Å². The molecule has 0 aromatic carbocycles. The average molecular weight is 413 g/mol. The van der Waals surface area contributed by atoms with Crippen molar-refractivity contribution in [2.24, 2.45) is 46.3 Å². The van der Waals surface area contributed by atoms with Gasteiger partial charge in [-0.1, -0.05) is 51.5 Å². The standard InChI is InChI=1S/C29H48O/c1-7-21(19(2)3)9-8-20(4)25-12-13-26-24-11-10-22-18-23(30)14-16-28(22,5)27(24)15-17-29(25,26)6/h10,20-21,23-27,30H,2,7-9,11-18H2,1,3-6H3/t20?,21-,23-,24-,25?,26?,27?,28-,29+/m0/s1. The highest BCUT2D eigenvalue weighted by Crippen LogP contribution is 2.67. The Morgan fingerprint density at radius 1 is 1.13 bits per heavy atom. The summed E-state index contributed by atoms with van der Waals surface area (Å²) in [7, 11) is 0. The maximum atomic E-state index is 10.2. The molecular weight excluding hydrogens is 364 g/mol. The minimum Gasteiger partial charge on any atom is -0.393 e.